The van der Waals surface area contributed by atoms with Gasteiger partial charge in [-0.25, -0.2) is 13.2 Å². The largest absolute Gasteiger partial charge is 0.478 e. The van der Waals surface area contributed by atoms with Crippen LogP contribution in [0.2, 0.25) is 10.0 Å². The summed E-state index contributed by atoms with van der Waals surface area (Å²) in [7, 11) is -3.70. The van der Waals surface area contributed by atoms with Gasteiger partial charge in [0.25, 0.3) is 0 Å². The van der Waals surface area contributed by atoms with Crippen molar-refractivity contribution in [3.63, 3.8) is 0 Å². The molecule has 0 unspecified atom stereocenters. The Kier molecular flexibility index (Phi) is 3.28. The molecule has 0 bridgehead atoms. The second-order valence-corrected chi connectivity index (χ2v) is 5.64. The molecule has 0 aliphatic heterocycles. The van der Waals surface area contributed by atoms with Crippen molar-refractivity contribution in [1.82, 2.24) is 0 Å². The molecule has 0 aliphatic rings. The molecule has 0 spiro atoms. The first-order valence-electron chi connectivity index (χ1n) is 3.66. The number of benzene rings is 1. The van der Waals surface area contributed by atoms with E-state index < -0.39 is 26.3 Å². The number of carboxylic acid groups (broad SMARTS) is 1. The number of sulfone groups is 1. The van der Waals surface area contributed by atoms with E-state index in [1.165, 1.54) is 6.07 Å². The molecular formula is C8H6Cl2O4S. The molecule has 0 saturated carbocycles. The van der Waals surface area contributed by atoms with E-state index in [1.54, 1.807) is 0 Å². The summed E-state index contributed by atoms with van der Waals surface area (Å²) in [4.78, 5) is 10.4. The van der Waals surface area contributed by atoms with Crippen LogP contribution in [0.25, 0.3) is 0 Å². The Balaban J connectivity index is 3.70. The van der Waals surface area contributed by atoms with Crippen LogP contribution in [0.4, 0.5) is 0 Å². The van der Waals surface area contributed by atoms with Crippen LogP contribution >= 0.6 is 23.2 Å². The molecule has 7 heteroatoms. The van der Waals surface area contributed by atoms with Crippen molar-refractivity contribution < 1.29 is 18.3 Å². The molecule has 1 aromatic rings. The van der Waals surface area contributed by atoms with Crippen LogP contribution in [0.5, 0.6) is 0 Å². The van der Waals surface area contributed by atoms with Gasteiger partial charge in [0.2, 0.25) is 0 Å². The monoisotopic (exact) mass is 268 g/mol. The summed E-state index contributed by atoms with van der Waals surface area (Å²) in [5, 5.41) is 8.68. The molecule has 0 saturated heterocycles. The standard InChI is InChI=1S/C8H6Cl2O4S/c1-15(13,14)7-5(8(11)12)2-4(9)3-6(7)10/h2-3H,1H3,(H,11,12). The summed E-state index contributed by atoms with van der Waals surface area (Å²) in [6, 6.07) is 2.23. The number of rotatable bonds is 2. The van der Waals surface area contributed by atoms with Crippen molar-refractivity contribution in [2.24, 2.45) is 0 Å². The maximum Gasteiger partial charge on any atom is 0.337 e. The smallest absolute Gasteiger partial charge is 0.337 e. The maximum atomic E-state index is 11.3. The summed E-state index contributed by atoms with van der Waals surface area (Å²) in [5.41, 5.74) is -0.421. The summed E-state index contributed by atoms with van der Waals surface area (Å²) >= 11 is 11.2. The maximum absolute atomic E-state index is 11.3. The van der Waals surface area contributed by atoms with Gasteiger partial charge in [0, 0.05) is 11.3 Å². The minimum Gasteiger partial charge on any atom is -0.478 e. The molecule has 1 aromatic carbocycles. The molecule has 0 aromatic heterocycles. The van der Waals surface area contributed by atoms with Gasteiger partial charge in [-0.3, -0.25) is 0 Å². The van der Waals surface area contributed by atoms with E-state index in [2.05, 4.69) is 0 Å². The summed E-state index contributed by atoms with van der Waals surface area (Å²) in [6.07, 6.45) is 0.883. The zero-order valence-electron chi connectivity index (χ0n) is 7.49. The molecular weight excluding hydrogens is 263 g/mol. The highest BCUT2D eigenvalue weighted by molar-refractivity contribution is 7.91. The van der Waals surface area contributed by atoms with Crippen LogP contribution in [0.1, 0.15) is 10.4 Å². The third kappa shape index (κ3) is 2.62. The zero-order chi connectivity index (χ0) is 11.8. The Hall–Kier alpha value is -0.780. The lowest BCUT2D eigenvalue weighted by atomic mass is 10.2. The quantitative estimate of drug-likeness (QED) is 0.892. The number of hydrogen-bond donors (Lipinski definition) is 1. The Bertz CT molecular complexity index is 522. The summed E-state index contributed by atoms with van der Waals surface area (Å²) in [5.74, 6) is -1.39. The molecule has 0 heterocycles. The fourth-order valence-electron chi connectivity index (χ4n) is 1.10. The van der Waals surface area contributed by atoms with Crippen LogP contribution in [-0.2, 0) is 9.84 Å². The van der Waals surface area contributed by atoms with Crippen LogP contribution < -0.4 is 0 Å². The van der Waals surface area contributed by atoms with Crippen molar-refractivity contribution >= 4 is 39.0 Å². The van der Waals surface area contributed by atoms with Gasteiger partial charge in [-0.05, 0) is 12.1 Å². The lowest BCUT2D eigenvalue weighted by Crippen LogP contribution is -2.08. The van der Waals surface area contributed by atoms with Gasteiger partial charge in [-0.2, -0.15) is 0 Å². The first kappa shape index (κ1) is 12.3. The number of halogens is 2. The Morgan fingerprint density at radius 1 is 1.33 bits per heavy atom. The normalized spacial score (nSPS) is 11.4. The number of carbonyl (C=O) groups is 1. The van der Waals surface area contributed by atoms with E-state index in [0.29, 0.717) is 0 Å². The zero-order valence-corrected chi connectivity index (χ0v) is 9.82. The third-order valence-corrected chi connectivity index (χ3v) is 3.42. The average Bonchev–Trinajstić information content (AvgIpc) is 1.99. The molecule has 15 heavy (non-hydrogen) atoms. The molecule has 0 aliphatic carbocycles. The highest BCUT2D eigenvalue weighted by Crippen LogP contribution is 2.29. The first-order chi connectivity index (χ1) is 6.73. The minimum absolute atomic E-state index is 0.0739. The molecule has 1 rings (SSSR count). The third-order valence-electron chi connectivity index (χ3n) is 1.61. The predicted octanol–water partition coefficient (Wildman–Crippen LogP) is 2.10. The van der Waals surface area contributed by atoms with E-state index in [1.807, 2.05) is 0 Å². The minimum atomic E-state index is -3.70. The Morgan fingerprint density at radius 2 is 1.87 bits per heavy atom. The Morgan fingerprint density at radius 3 is 2.27 bits per heavy atom. The highest BCUT2D eigenvalue weighted by Gasteiger charge is 2.22. The van der Waals surface area contributed by atoms with Crippen molar-refractivity contribution in [2.45, 2.75) is 4.90 Å². The lowest BCUT2D eigenvalue weighted by molar-refractivity contribution is 0.0692. The fraction of sp³-hybridized carbons (Fsp3) is 0.125. The predicted molar refractivity (Wildman–Crippen MR) is 56.5 cm³/mol. The van der Waals surface area contributed by atoms with Gasteiger partial charge in [0.15, 0.2) is 9.84 Å². The number of hydrogen-bond acceptors (Lipinski definition) is 3. The van der Waals surface area contributed by atoms with Gasteiger partial charge < -0.3 is 5.11 Å². The van der Waals surface area contributed by atoms with E-state index in [4.69, 9.17) is 28.3 Å². The van der Waals surface area contributed by atoms with Gasteiger partial charge in [-0.1, -0.05) is 23.2 Å². The van der Waals surface area contributed by atoms with Gasteiger partial charge in [0.1, 0.15) is 0 Å². The van der Waals surface area contributed by atoms with E-state index in [9.17, 15) is 13.2 Å². The molecule has 0 radical (unpaired) electrons. The van der Waals surface area contributed by atoms with Crippen molar-refractivity contribution in [3.8, 4) is 0 Å². The fourth-order valence-corrected chi connectivity index (χ4v) is 2.97. The number of aromatic carboxylic acids is 1. The van der Waals surface area contributed by atoms with Gasteiger partial charge >= 0.3 is 5.97 Å². The molecule has 82 valence electrons. The molecule has 0 fully saturated rings. The summed E-state index contributed by atoms with van der Waals surface area (Å²) < 4.78 is 22.6. The summed E-state index contributed by atoms with van der Waals surface area (Å²) in [6.45, 7) is 0. The Labute approximate surface area is 96.3 Å². The SMILES string of the molecule is CS(=O)(=O)c1c(Cl)cc(Cl)cc1C(=O)O. The van der Waals surface area contributed by atoms with Crippen LogP contribution in [0, 0.1) is 0 Å². The number of carboxylic acids is 1. The van der Waals surface area contributed by atoms with Gasteiger partial charge in [0.05, 0.1) is 15.5 Å². The second kappa shape index (κ2) is 4.00. The highest BCUT2D eigenvalue weighted by atomic mass is 35.5. The molecule has 1 N–H and O–H groups in total. The van der Waals surface area contributed by atoms with Crippen molar-refractivity contribution in [1.29, 1.82) is 0 Å². The first-order valence-corrected chi connectivity index (χ1v) is 6.30. The van der Waals surface area contributed by atoms with E-state index in [-0.39, 0.29) is 10.0 Å². The van der Waals surface area contributed by atoms with E-state index >= 15 is 0 Å². The van der Waals surface area contributed by atoms with E-state index in [0.717, 1.165) is 12.3 Å². The topological polar surface area (TPSA) is 71.4 Å². The molecule has 0 atom stereocenters. The van der Waals surface area contributed by atoms with Gasteiger partial charge in [-0.15, -0.1) is 0 Å². The molecule has 4 nitrogen and oxygen atoms in total. The average molecular weight is 269 g/mol. The second-order valence-electron chi connectivity index (χ2n) is 2.84. The van der Waals surface area contributed by atoms with Crippen molar-refractivity contribution in [2.75, 3.05) is 6.26 Å². The van der Waals surface area contributed by atoms with Crippen LogP contribution in [-0.4, -0.2) is 25.7 Å². The van der Waals surface area contributed by atoms with Crippen LogP contribution in [0.3, 0.4) is 0 Å². The van der Waals surface area contributed by atoms with Crippen LogP contribution in [0.15, 0.2) is 17.0 Å². The van der Waals surface area contributed by atoms with Crippen molar-refractivity contribution in [3.05, 3.63) is 27.7 Å². The molecule has 0 amide bonds. The lowest BCUT2D eigenvalue weighted by Gasteiger charge is -2.06.